The molecule has 0 spiro atoms. The number of carbonyl (C=O) groups is 1. The lowest BCUT2D eigenvalue weighted by atomic mass is 10.1. The summed E-state index contributed by atoms with van der Waals surface area (Å²) in [5.74, 6) is 1.38. The van der Waals surface area contributed by atoms with E-state index in [2.05, 4.69) is 24.2 Å². The Labute approximate surface area is 151 Å². The van der Waals surface area contributed by atoms with Crippen molar-refractivity contribution in [1.29, 1.82) is 0 Å². The fourth-order valence-corrected chi connectivity index (χ4v) is 2.08. The highest BCUT2D eigenvalue weighted by Crippen LogP contribution is 2.18. The molecule has 1 heterocycles. The topological polar surface area (TPSA) is 80.0 Å². The summed E-state index contributed by atoms with van der Waals surface area (Å²) in [6.07, 6.45) is 0.732. The maximum absolute atomic E-state index is 12.0. The quantitative estimate of drug-likeness (QED) is 0.411. The second-order valence-corrected chi connectivity index (χ2v) is 7.08. The number of nitrogens with zero attached hydrogens (tertiary/aromatic N) is 2. The Bertz CT molecular complexity index is 380. The summed E-state index contributed by atoms with van der Waals surface area (Å²) >= 11 is 0. The Kier molecular flexibility index (Phi) is 9.11. The number of hydrogen-bond acceptors (Lipinski definition) is 3. The number of guanidine groups is 1. The van der Waals surface area contributed by atoms with Gasteiger partial charge in [-0.15, -0.1) is 24.0 Å². The molecule has 22 heavy (non-hydrogen) atoms. The van der Waals surface area contributed by atoms with Gasteiger partial charge in [-0.2, -0.15) is 0 Å². The van der Waals surface area contributed by atoms with E-state index in [-0.39, 0.29) is 30.1 Å². The van der Waals surface area contributed by atoms with Crippen LogP contribution >= 0.6 is 24.0 Å². The number of ether oxygens (including phenoxy) is 1. The Morgan fingerprint density at radius 3 is 2.64 bits per heavy atom. The Balaban J connectivity index is 0.00000441. The van der Waals surface area contributed by atoms with Gasteiger partial charge in [0.25, 0.3) is 0 Å². The number of rotatable bonds is 4. The second kappa shape index (κ2) is 9.42. The first-order chi connectivity index (χ1) is 9.67. The average molecular weight is 426 g/mol. The van der Waals surface area contributed by atoms with Gasteiger partial charge in [0.15, 0.2) is 5.96 Å². The number of carbonyl (C=O) groups excluding carboxylic acids is 1. The minimum Gasteiger partial charge on any atom is -0.444 e. The smallest absolute Gasteiger partial charge is 0.410 e. The first-order valence-corrected chi connectivity index (χ1v) is 7.69. The average Bonchev–Trinajstić information content (AvgIpc) is 2.80. The van der Waals surface area contributed by atoms with E-state index in [0.717, 1.165) is 26.1 Å². The molecule has 1 unspecified atom stereocenters. The maximum Gasteiger partial charge on any atom is 0.410 e. The van der Waals surface area contributed by atoms with Gasteiger partial charge in [-0.3, -0.25) is 4.99 Å². The predicted molar refractivity (Wildman–Crippen MR) is 101 cm³/mol. The van der Waals surface area contributed by atoms with Crippen LogP contribution in [0.1, 0.15) is 41.0 Å². The molecule has 0 aliphatic carbocycles. The highest BCUT2D eigenvalue weighted by molar-refractivity contribution is 14.0. The molecule has 1 amide bonds. The van der Waals surface area contributed by atoms with Crippen LogP contribution in [0.15, 0.2) is 4.99 Å². The molecular weight excluding hydrogens is 395 g/mol. The van der Waals surface area contributed by atoms with Gasteiger partial charge in [0.1, 0.15) is 5.60 Å². The number of amides is 1. The zero-order valence-corrected chi connectivity index (χ0v) is 16.7. The molecule has 1 aliphatic heterocycles. The number of hydrogen-bond donors (Lipinski definition) is 2. The first kappa shape index (κ1) is 21.3. The Morgan fingerprint density at radius 2 is 2.09 bits per heavy atom. The lowest BCUT2D eigenvalue weighted by Crippen LogP contribution is -2.38. The van der Waals surface area contributed by atoms with Gasteiger partial charge in [-0.1, -0.05) is 13.8 Å². The normalized spacial score (nSPS) is 19.1. The molecule has 0 bridgehead atoms. The fraction of sp³-hybridized carbons (Fsp3) is 0.867. The third-order valence-corrected chi connectivity index (χ3v) is 3.14. The molecule has 6 nitrogen and oxygen atoms in total. The van der Waals surface area contributed by atoms with Crippen molar-refractivity contribution in [2.24, 2.45) is 22.6 Å². The third-order valence-electron chi connectivity index (χ3n) is 3.14. The largest absolute Gasteiger partial charge is 0.444 e. The molecular formula is C15H31IN4O2. The van der Waals surface area contributed by atoms with Crippen LogP contribution in [-0.2, 0) is 4.74 Å². The van der Waals surface area contributed by atoms with Gasteiger partial charge in [-0.05, 0) is 39.0 Å². The number of nitrogens with one attached hydrogen (secondary N) is 1. The van der Waals surface area contributed by atoms with Crippen LogP contribution < -0.4 is 11.1 Å². The summed E-state index contributed by atoms with van der Waals surface area (Å²) in [6.45, 7) is 12.8. The van der Waals surface area contributed by atoms with Crippen molar-refractivity contribution in [2.75, 3.05) is 26.2 Å². The van der Waals surface area contributed by atoms with Gasteiger partial charge >= 0.3 is 6.09 Å². The van der Waals surface area contributed by atoms with Crippen molar-refractivity contribution in [3.05, 3.63) is 0 Å². The number of aliphatic imine (C=N–C) groups is 1. The molecule has 1 saturated heterocycles. The minimum atomic E-state index is -0.443. The van der Waals surface area contributed by atoms with E-state index in [1.54, 1.807) is 4.90 Å². The summed E-state index contributed by atoms with van der Waals surface area (Å²) in [4.78, 5) is 18.0. The third kappa shape index (κ3) is 8.65. The van der Waals surface area contributed by atoms with Gasteiger partial charge in [0.05, 0.1) is 0 Å². The summed E-state index contributed by atoms with van der Waals surface area (Å²) in [5.41, 5.74) is 5.37. The lowest BCUT2D eigenvalue weighted by molar-refractivity contribution is 0.0288. The zero-order valence-electron chi connectivity index (χ0n) is 14.4. The molecule has 0 aromatic carbocycles. The monoisotopic (exact) mass is 426 g/mol. The molecule has 1 aliphatic rings. The summed E-state index contributed by atoms with van der Waals surface area (Å²) in [7, 11) is 0. The zero-order chi connectivity index (χ0) is 16.0. The van der Waals surface area contributed by atoms with Gasteiger partial charge < -0.3 is 20.7 Å². The van der Waals surface area contributed by atoms with Crippen LogP contribution in [0.2, 0.25) is 0 Å². The Hall–Kier alpha value is -0.730. The van der Waals surface area contributed by atoms with Gasteiger partial charge in [0, 0.05) is 26.2 Å². The molecule has 0 aromatic heterocycles. The summed E-state index contributed by atoms with van der Waals surface area (Å²) < 4.78 is 5.38. The van der Waals surface area contributed by atoms with Gasteiger partial charge in [-0.25, -0.2) is 4.79 Å². The number of halogens is 1. The van der Waals surface area contributed by atoms with E-state index in [0.29, 0.717) is 24.3 Å². The first-order valence-electron chi connectivity index (χ1n) is 7.69. The molecule has 0 saturated carbocycles. The summed E-state index contributed by atoms with van der Waals surface area (Å²) in [5, 5.41) is 3.14. The van der Waals surface area contributed by atoms with Crippen LogP contribution in [0.5, 0.6) is 0 Å². The second-order valence-electron chi connectivity index (χ2n) is 7.08. The molecule has 0 aromatic rings. The van der Waals surface area contributed by atoms with E-state index >= 15 is 0 Å². The van der Waals surface area contributed by atoms with E-state index in [9.17, 15) is 4.79 Å². The number of nitrogens with two attached hydrogens (primary N) is 1. The molecule has 0 radical (unpaired) electrons. The van der Waals surface area contributed by atoms with Crippen molar-refractivity contribution in [3.8, 4) is 0 Å². The number of likely N-dealkylation sites (tertiary alicyclic amines) is 1. The van der Waals surface area contributed by atoms with Crippen molar-refractivity contribution >= 4 is 36.0 Å². The molecule has 130 valence electrons. The van der Waals surface area contributed by atoms with Crippen molar-refractivity contribution in [3.63, 3.8) is 0 Å². The standard InChI is InChI=1S/C15H30N4O2.HI/c1-11(2)8-17-13(16)18-9-12-6-7-19(10-12)14(20)21-15(3,4)5;/h11-12H,6-10H2,1-5H3,(H3,16,17,18);1H. The molecule has 7 heteroatoms. The highest BCUT2D eigenvalue weighted by Gasteiger charge is 2.29. The van der Waals surface area contributed by atoms with E-state index in [1.165, 1.54) is 0 Å². The molecule has 1 rings (SSSR count). The SMILES string of the molecule is CC(C)CN=C(N)NCC1CCN(C(=O)OC(C)(C)C)C1.I. The Morgan fingerprint density at radius 1 is 1.45 bits per heavy atom. The summed E-state index contributed by atoms with van der Waals surface area (Å²) in [6, 6.07) is 0. The van der Waals surface area contributed by atoms with Crippen LogP contribution in [-0.4, -0.2) is 48.7 Å². The highest BCUT2D eigenvalue weighted by atomic mass is 127. The van der Waals surface area contributed by atoms with Crippen LogP contribution in [0.25, 0.3) is 0 Å². The molecule has 1 fully saturated rings. The van der Waals surface area contributed by atoms with Crippen LogP contribution in [0.3, 0.4) is 0 Å². The van der Waals surface area contributed by atoms with Crippen LogP contribution in [0, 0.1) is 11.8 Å². The molecule has 1 atom stereocenters. The maximum atomic E-state index is 12.0. The van der Waals surface area contributed by atoms with E-state index in [1.807, 2.05) is 20.8 Å². The van der Waals surface area contributed by atoms with Gasteiger partial charge in [0.2, 0.25) is 0 Å². The lowest BCUT2D eigenvalue weighted by Gasteiger charge is -2.24. The van der Waals surface area contributed by atoms with E-state index < -0.39 is 5.60 Å². The fourth-order valence-electron chi connectivity index (χ4n) is 2.08. The minimum absolute atomic E-state index is 0. The predicted octanol–water partition coefficient (Wildman–Crippen LogP) is 2.42. The van der Waals surface area contributed by atoms with Crippen molar-refractivity contribution in [1.82, 2.24) is 10.2 Å². The van der Waals surface area contributed by atoms with Crippen molar-refractivity contribution in [2.45, 2.75) is 46.6 Å². The molecule has 3 N–H and O–H groups in total. The van der Waals surface area contributed by atoms with E-state index in [4.69, 9.17) is 10.5 Å². The van der Waals surface area contributed by atoms with Crippen LogP contribution in [0.4, 0.5) is 4.79 Å². The van der Waals surface area contributed by atoms with Crippen molar-refractivity contribution < 1.29 is 9.53 Å².